The van der Waals surface area contributed by atoms with Gasteiger partial charge in [-0.2, -0.15) is 5.26 Å². The molecule has 0 saturated carbocycles. The fraction of sp³-hybridized carbons (Fsp3) is 0.468. The topological polar surface area (TPSA) is 215 Å². The summed E-state index contributed by atoms with van der Waals surface area (Å²) >= 11 is 18.8. The summed E-state index contributed by atoms with van der Waals surface area (Å²) in [5.74, 6) is 8.51. The molecule has 6 aromatic carbocycles. The molecular weight excluding hydrogens is 1650 g/mol. The number of benzene rings is 6. The Morgan fingerprint density at radius 3 is 1.27 bits per heavy atom. The van der Waals surface area contributed by atoms with Crippen molar-refractivity contribution in [1.29, 1.82) is 16.1 Å². The number of carbonyl (C=O) groups is 2. The van der Waals surface area contributed by atoms with Crippen molar-refractivity contribution in [2.45, 2.75) is 137 Å². The minimum atomic E-state index is -0.500. The third-order valence-corrected chi connectivity index (χ3v) is 19.2. The van der Waals surface area contributed by atoms with Gasteiger partial charge in [0.15, 0.2) is 34.5 Å². The van der Waals surface area contributed by atoms with Gasteiger partial charge >= 0.3 is 38.4 Å². The first-order valence-corrected chi connectivity index (χ1v) is 39.0. The molecular formula is C79H101BBr4Cl2MgN8O10. The fourth-order valence-corrected chi connectivity index (χ4v) is 14.5. The Balaban J connectivity index is 0.000000268. The molecule has 0 radical (unpaired) electrons. The number of hydrogen-bond donors (Lipinski definition) is 4. The van der Waals surface area contributed by atoms with Crippen molar-refractivity contribution in [2.75, 3.05) is 85.0 Å². The van der Waals surface area contributed by atoms with Gasteiger partial charge in [-0.25, -0.2) is 9.59 Å². The van der Waals surface area contributed by atoms with Crippen LogP contribution in [0.3, 0.4) is 0 Å². The van der Waals surface area contributed by atoms with E-state index in [0.29, 0.717) is 89.9 Å². The maximum absolute atomic E-state index is 12.6. The number of phenols is 1. The van der Waals surface area contributed by atoms with Gasteiger partial charge in [0, 0.05) is 115 Å². The van der Waals surface area contributed by atoms with E-state index in [1.165, 1.54) is 5.56 Å². The number of nitrogens with one attached hydrogen (secondary N) is 3. The standard InChI is InChI=1S/C29H39N3O4.C25H28N2O4.C23H29N3O2.CH2Cl2.CH3.BBr3.BrH.Mg/c1-7-31(8-2)27(30)20-12-13-21-24(18-20)35-26-22(10-9-11-23(26)34-6)25(21)19-14-16-32(17-15-19)28(33)36-29(3,4)5;1-25(2,3)31-24(28)27-12-10-17(11-13-27)22-18-9-8-16(15-26)14-21(18)30-23-19(22)6-5-7-20(23)29-4;1-3-26(4-2)23(24)16-8-9-17-20(14-16)28-22-18(6-5-7-19(22)27)21(17)15-10-12-25-13-11-15;2-1-3;;2-1(3)4;;/h9-13,18-19,25,30H,7-8,14-17H2,1-6H3;5-9,14,17,22H,10-13H2,1-4H3;5-9,14-15,21,24-25,27H,3-4,10-13H2,1-2H3;1H2;1H3;;1H;/q;;;;-1;;;+2/p-1. The van der Waals surface area contributed by atoms with Crippen LogP contribution in [0.25, 0.3) is 0 Å². The van der Waals surface area contributed by atoms with Crippen molar-refractivity contribution < 1.29 is 64.8 Å². The number of fused-ring (bicyclic) bond motifs is 6. The van der Waals surface area contributed by atoms with Crippen molar-refractivity contribution in [3.63, 3.8) is 0 Å². The van der Waals surface area contributed by atoms with Gasteiger partial charge in [0.2, 0.25) is 0 Å². The van der Waals surface area contributed by atoms with Crippen LogP contribution >= 0.6 is 70.5 Å². The van der Waals surface area contributed by atoms with E-state index in [1.54, 1.807) is 31.3 Å². The van der Waals surface area contributed by atoms with E-state index in [-0.39, 0.29) is 91.7 Å². The molecule has 0 spiro atoms. The average molecular weight is 1750 g/mol. The first kappa shape index (κ1) is 90.0. The molecule has 3 fully saturated rings. The molecule has 105 heavy (non-hydrogen) atoms. The Bertz CT molecular complexity index is 3910. The van der Waals surface area contributed by atoms with Crippen molar-refractivity contribution in [2.24, 2.45) is 17.8 Å². The predicted octanol–water partition coefficient (Wildman–Crippen LogP) is 16.6. The van der Waals surface area contributed by atoms with Gasteiger partial charge in [-0.1, -0.05) is 66.7 Å². The van der Waals surface area contributed by atoms with Crippen LogP contribution in [0.1, 0.15) is 176 Å². The predicted molar refractivity (Wildman–Crippen MR) is 431 cm³/mol. The van der Waals surface area contributed by atoms with E-state index < -0.39 is 11.2 Å². The number of phenolic OH excluding ortho intramolecular Hbond substituents is 1. The Kier molecular flexibility index (Phi) is 35.8. The number of carbonyl (C=O) groups excluding carboxylic acids is 2. The fourth-order valence-electron chi connectivity index (χ4n) is 14.5. The number of alkyl halides is 2. The molecule has 3 saturated heterocycles. The number of para-hydroxylation sites is 3. The normalized spacial score (nSPS) is 16.8. The number of amidine groups is 2. The minimum Gasteiger partial charge on any atom is -1.00 e. The molecule has 26 heteroatoms. The van der Waals surface area contributed by atoms with Crippen molar-refractivity contribution in [3.05, 3.63) is 167 Å². The molecule has 3 unspecified atom stereocenters. The third-order valence-electron chi connectivity index (χ3n) is 19.2. The Morgan fingerprint density at radius 1 is 0.581 bits per heavy atom. The van der Waals surface area contributed by atoms with E-state index in [9.17, 15) is 20.0 Å². The monoisotopic (exact) mass is 1740 g/mol. The van der Waals surface area contributed by atoms with Crippen LogP contribution in [0, 0.1) is 47.3 Å². The number of methoxy groups -OCH3 is 2. The minimum absolute atomic E-state index is 0. The van der Waals surface area contributed by atoms with Crippen molar-refractivity contribution in [3.8, 4) is 57.8 Å². The molecule has 12 rings (SSSR count). The zero-order chi connectivity index (χ0) is 74.2. The van der Waals surface area contributed by atoms with E-state index in [0.717, 1.165) is 134 Å². The van der Waals surface area contributed by atoms with Gasteiger partial charge in [-0.05, 0) is 181 Å². The van der Waals surface area contributed by atoms with E-state index in [1.807, 2.05) is 123 Å². The van der Waals surface area contributed by atoms with Crippen molar-refractivity contribution in [1.82, 2.24) is 24.9 Å². The summed E-state index contributed by atoms with van der Waals surface area (Å²) in [4.78, 5) is 32.8. The van der Waals surface area contributed by atoms with Crippen LogP contribution < -0.4 is 46.0 Å². The smallest absolute Gasteiger partial charge is 1.00 e. The quantitative estimate of drug-likeness (QED) is 0.0312. The zero-order valence-electron chi connectivity index (χ0n) is 62.8. The van der Waals surface area contributed by atoms with Crippen LogP contribution in [0.15, 0.2) is 109 Å². The summed E-state index contributed by atoms with van der Waals surface area (Å²) in [6.07, 6.45) is 5.19. The molecule has 6 heterocycles. The average Bonchev–Trinajstić information content (AvgIpc) is 0.762. The molecule has 3 atom stereocenters. The first-order chi connectivity index (χ1) is 48.7. The summed E-state index contributed by atoms with van der Waals surface area (Å²) < 4.78 is 41.5. The molecule has 0 aromatic heterocycles. The number of piperidine rings is 3. The van der Waals surface area contributed by atoms with Crippen LogP contribution in [0.5, 0.6) is 51.7 Å². The summed E-state index contributed by atoms with van der Waals surface area (Å²) in [6, 6.07) is 37.8. The number of amides is 2. The van der Waals surface area contributed by atoms with Gasteiger partial charge < -0.3 is 87.6 Å². The van der Waals surface area contributed by atoms with Crippen LogP contribution in [0.2, 0.25) is 0 Å². The number of aromatic hydroxyl groups is 1. The second kappa shape index (κ2) is 41.8. The summed E-state index contributed by atoms with van der Waals surface area (Å²) in [5.41, 5.74) is 7.91. The molecule has 6 aliphatic heterocycles. The van der Waals surface area contributed by atoms with Gasteiger partial charge in [-0.3, -0.25) is 10.8 Å². The maximum Gasteiger partial charge on any atom is 2.00 e. The van der Waals surface area contributed by atoms with E-state index in [4.69, 9.17) is 67.2 Å². The number of hydrogen-bond acceptors (Lipinski definition) is 14. The molecule has 4 N–H and O–H groups in total. The van der Waals surface area contributed by atoms with Gasteiger partial charge in [0.05, 0.1) is 31.2 Å². The molecule has 18 nitrogen and oxygen atoms in total. The molecule has 0 aliphatic carbocycles. The maximum atomic E-state index is 12.6. The van der Waals surface area contributed by atoms with E-state index in [2.05, 4.69) is 117 Å². The SMILES string of the molecule is BrB(Br)Br.CCN(CC)C(=N)c1ccc2c(c1)Oc1c(O)cccc1C2C1CCNCC1.CCN(CC)C(=N)c1ccc2c(c1)Oc1c(OC)cccc1C2C1CCN(C(=O)OC(C)(C)C)CC1.COc1cccc2c1Oc1cc(C#N)ccc1C2C1CCN(C(=O)OC(C)(C)C)CC1.ClCCl.[Br-].[CH3-].[Mg+2]. The second-order valence-electron chi connectivity index (χ2n) is 27.6. The second-order valence-corrected chi connectivity index (χ2v) is 34.9. The number of likely N-dealkylation sites (tertiary alicyclic amines) is 2. The first-order valence-electron chi connectivity index (χ1n) is 35.1. The summed E-state index contributed by atoms with van der Waals surface area (Å²) in [5, 5.41) is 40.7. The summed E-state index contributed by atoms with van der Waals surface area (Å²) in [7, 11) is 3.30. The van der Waals surface area contributed by atoms with Gasteiger partial charge in [0.1, 0.15) is 40.1 Å². The largest absolute Gasteiger partial charge is 2.00 e. The van der Waals surface area contributed by atoms with Gasteiger partial charge in [0.25, 0.3) is 0 Å². The molecule has 6 aliphatic rings. The summed E-state index contributed by atoms with van der Waals surface area (Å²) in [6.45, 7) is 27.4. The zero-order valence-corrected chi connectivity index (χ0v) is 72.1. The van der Waals surface area contributed by atoms with Crippen molar-refractivity contribution >= 4 is 121 Å². The number of nitriles is 1. The van der Waals surface area contributed by atoms with Crippen LogP contribution in [-0.2, 0) is 9.47 Å². The molecule has 6 aromatic rings. The number of halogens is 6. The van der Waals surface area contributed by atoms with E-state index >= 15 is 0 Å². The number of ether oxygens (including phenoxy) is 7. The Labute approximate surface area is 684 Å². The Hall–Kier alpha value is -5.62. The molecule has 0 bridgehead atoms. The number of rotatable bonds is 11. The third kappa shape index (κ3) is 23.0. The number of nitrogens with zero attached hydrogens (tertiary/aromatic N) is 5. The Morgan fingerprint density at radius 2 is 0.914 bits per heavy atom. The van der Waals surface area contributed by atoms with Gasteiger partial charge in [-0.15, -0.1) is 70.5 Å². The molecule has 564 valence electrons. The molecule has 2 amide bonds. The van der Waals surface area contributed by atoms with Crippen LogP contribution in [0.4, 0.5) is 9.59 Å². The van der Waals surface area contributed by atoms with Crippen LogP contribution in [-0.4, -0.2) is 171 Å².